The number of nitrogens with zero attached hydrogens (tertiary/aromatic N) is 3. The van der Waals surface area contributed by atoms with E-state index in [1.807, 2.05) is 18.0 Å². The molecule has 0 aliphatic heterocycles. The van der Waals surface area contributed by atoms with Gasteiger partial charge in [-0.3, -0.25) is 4.79 Å². The summed E-state index contributed by atoms with van der Waals surface area (Å²) in [6.07, 6.45) is 0.701. The zero-order valence-electron chi connectivity index (χ0n) is 9.05. The molecule has 84 valence electrons. The van der Waals surface area contributed by atoms with E-state index in [4.69, 9.17) is 10.4 Å². The van der Waals surface area contributed by atoms with Crippen molar-refractivity contribution in [3.8, 4) is 6.07 Å². The zero-order chi connectivity index (χ0) is 12.0. The van der Waals surface area contributed by atoms with Gasteiger partial charge in [-0.15, -0.1) is 0 Å². The molecule has 5 nitrogen and oxygen atoms in total. The van der Waals surface area contributed by atoms with E-state index in [2.05, 4.69) is 4.98 Å². The minimum Gasteiger partial charge on any atom is -0.481 e. The number of anilines is 1. The summed E-state index contributed by atoms with van der Waals surface area (Å²) >= 11 is 0. The molecule has 0 fully saturated rings. The summed E-state index contributed by atoms with van der Waals surface area (Å²) in [5.41, 5.74) is 0.364. The van der Waals surface area contributed by atoms with Crippen LogP contribution in [0.3, 0.4) is 0 Å². The smallest absolute Gasteiger partial charge is 0.303 e. The molecular weight excluding hydrogens is 206 g/mol. The van der Waals surface area contributed by atoms with Gasteiger partial charge in [0.05, 0.1) is 0 Å². The van der Waals surface area contributed by atoms with E-state index in [0.29, 0.717) is 24.5 Å². The van der Waals surface area contributed by atoms with Crippen molar-refractivity contribution in [1.82, 2.24) is 4.98 Å². The molecule has 0 spiro atoms. The van der Waals surface area contributed by atoms with Crippen molar-refractivity contribution < 1.29 is 9.90 Å². The second kappa shape index (κ2) is 5.71. The maximum atomic E-state index is 10.3. The van der Waals surface area contributed by atoms with Crippen LogP contribution in [0.25, 0.3) is 0 Å². The van der Waals surface area contributed by atoms with E-state index in [1.165, 1.54) is 0 Å². The number of aliphatic carboxylic acids is 1. The lowest BCUT2D eigenvalue weighted by Gasteiger charge is -2.17. The van der Waals surface area contributed by atoms with Gasteiger partial charge >= 0.3 is 5.97 Å². The van der Waals surface area contributed by atoms with Gasteiger partial charge in [0.1, 0.15) is 17.6 Å². The highest BCUT2D eigenvalue weighted by atomic mass is 16.4. The third-order valence-corrected chi connectivity index (χ3v) is 2.12. The van der Waals surface area contributed by atoms with Gasteiger partial charge in [0.25, 0.3) is 0 Å². The minimum atomic E-state index is -0.799. The summed E-state index contributed by atoms with van der Waals surface area (Å²) in [5, 5.41) is 17.2. The topological polar surface area (TPSA) is 77.2 Å². The molecule has 0 saturated carbocycles. The number of carboxylic acid groups (broad SMARTS) is 1. The first kappa shape index (κ1) is 12.0. The predicted octanol–water partition coefficient (Wildman–Crippen LogP) is 1.25. The van der Waals surface area contributed by atoms with E-state index < -0.39 is 5.97 Å². The molecule has 0 saturated heterocycles. The van der Waals surface area contributed by atoms with E-state index >= 15 is 0 Å². The van der Waals surface area contributed by atoms with Crippen molar-refractivity contribution in [2.45, 2.75) is 12.8 Å². The Hall–Kier alpha value is -2.09. The first-order valence-electron chi connectivity index (χ1n) is 4.93. The summed E-state index contributed by atoms with van der Waals surface area (Å²) < 4.78 is 0. The second-order valence-corrected chi connectivity index (χ2v) is 3.41. The molecule has 0 radical (unpaired) electrons. The van der Waals surface area contributed by atoms with E-state index in [9.17, 15) is 4.79 Å². The Kier molecular flexibility index (Phi) is 4.28. The van der Waals surface area contributed by atoms with Crippen molar-refractivity contribution >= 4 is 11.8 Å². The van der Waals surface area contributed by atoms with Crippen LogP contribution in [0.1, 0.15) is 18.5 Å². The number of hydrogen-bond acceptors (Lipinski definition) is 4. The van der Waals surface area contributed by atoms with Crippen LogP contribution < -0.4 is 4.90 Å². The first-order chi connectivity index (χ1) is 7.63. The van der Waals surface area contributed by atoms with Gasteiger partial charge < -0.3 is 10.0 Å². The van der Waals surface area contributed by atoms with Crippen molar-refractivity contribution in [2.75, 3.05) is 18.5 Å². The van der Waals surface area contributed by atoms with Gasteiger partial charge in [-0.05, 0) is 18.6 Å². The lowest BCUT2D eigenvalue weighted by molar-refractivity contribution is -0.137. The third kappa shape index (κ3) is 3.58. The molecule has 1 heterocycles. The number of nitriles is 1. The third-order valence-electron chi connectivity index (χ3n) is 2.12. The normalized spacial score (nSPS) is 9.50. The summed E-state index contributed by atoms with van der Waals surface area (Å²) in [6.45, 7) is 0.605. The molecule has 1 aromatic heterocycles. The molecule has 1 rings (SSSR count). The average molecular weight is 219 g/mol. The summed E-state index contributed by atoms with van der Waals surface area (Å²) in [6, 6.07) is 7.15. The molecule has 1 aromatic rings. The number of rotatable bonds is 5. The van der Waals surface area contributed by atoms with E-state index in [1.54, 1.807) is 18.2 Å². The van der Waals surface area contributed by atoms with Crippen molar-refractivity contribution in [1.29, 1.82) is 5.26 Å². The van der Waals surface area contributed by atoms with Crippen LogP contribution in [-0.4, -0.2) is 29.7 Å². The maximum Gasteiger partial charge on any atom is 0.303 e. The molecule has 0 aromatic carbocycles. The van der Waals surface area contributed by atoms with Gasteiger partial charge in [0.15, 0.2) is 0 Å². The minimum absolute atomic E-state index is 0.141. The first-order valence-corrected chi connectivity index (χ1v) is 4.93. The molecule has 0 aliphatic carbocycles. The SMILES string of the molecule is CN(CCCC(=O)O)c1cccc(C#N)n1. The van der Waals surface area contributed by atoms with Crippen LogP contribution in [-0.2, 0) is 4.79 Å². The Bertz CT molecular complexity index is 412. The molecule has 16 heavy (non-hydrogen) atoms. The average Bonchev–Trinajstić information content (AvgIpc) is 2.28. The van der Waals surface area contributed by atoms with Crippen LogP contribution >= 0.6 is 0 Å². The Morgan fingerprint density at radius 3 is 3.00 bits per heavy atom. The van der Waals surface area contributed by atoms with Crippen LogP contribution in [0.5, 0.6) is 0 Å². The van der Waals surface area contributed by atoms with Gasteiger partial charge in [-0.1, -0.05) is 6.07 Å². The Morgan fingerprint density at radius 2 is 2.38 bits per heavy atom. The molecule has 0 amide bonds. The molecule has 5 heteroatoms. The van der Waals surface area contributed by atoms with Crippen molar-refractivity contribution in [3.63, 3.8) is 0 Å². The zero-order valence-corrected chi connectivity index (χ0v) is 9.05. The van der Waals surface area contributed by atoms with Gasteiger partial charge in [0, 0.05) is 20.0 Å². The summed E-state index contributed by atoms with van der Waals surface area (Å²) in [5.74, 6) is -0.114. The second-order valence-electron chi connectivity index (χ2n) is 3.41. The Balaban J connectivity index is 2.55. The fourth-order valence-electron chi connectivity index (χ4n) is 1.28. The van der Waals surface area contributed by atoms with E-state index in [-0.39, 0.29) is 6.42 Å². The number of hydrogen-bond donors (Lipinski definition) is 1. The maximum absolute atomic E-state index is 10.3. The molecule has 0 aliphatic rings. The molecule has 0 atom stereocenters. The quantitative estimate of drug-likeness (QED) is 0.806. The standard InChI is InChI=1S/C11H13N3O2/c1-14(7-3-6-11(15)16)10-5-2-4-9(8-12)13-10/h2,4-5H,3,6-7H2,1H3,(H,15,16). The van der Waals surface area contributed by atoms with Gasteiger partial charge in [0.2, 0.25) is 0 Å². The van der Waals surface area contributed by atoms with Crippen LogP contribution in [0, 0.1) is 11.3 Å². The monoisotopic (exact) mass is 219 g/mol. The summed E-state index contributed by atoms with van der Waals surface area (Å²) in [4.78, 5) is 16.3. The van der Waals surface area contributed by atoms with Crippen molar-refractivity contribution in [3.05, 3.63) is 23.9 Å². The van der Waals surface area contributed by atoms with Gasteiger partial charge in [-0.25, -0.2) is 4.98 Å². The Labute approximate surface area is 93.9 Å². The molecule has 1 N–H and O–H groups in total. The fourth-order valence-corrected chi connectivity index (χ4v) is 1.28. The highest BCUT2D eigenvalue weighted by Crippen LogP contribution is 2.09. The predicted molar refractivity (Wildman–Crippen MR) is 59.1 cm³/mol. The van der Waals surface area contributed by atoms with Crippen LogP contribution in [0.15, 0.2) is 18.2 Å². The Morgan fingerprint density at radius 1 is 1.62 bits per heavy atom. The largest absolute Gasteiger partial charge is 0.481 e. The lowest BCUT2D eigenvalue weighted by atomic mass is 10.3. The molecule has 0 unspecified atom stereocenters. The fraction of sp³-hybridized carbons (Fsp3) is 0.364. The number of carboxylic acids is 1. The number of pyridine rings is 1. The van der Waals surface area contributed by atoms with Crippen LogP contribution in [0.4, 0.5) is 5.82 Å². The van der Waals surface area contributed by atoms with E-state index in [0.717, 1.165) is 0 Å². The molecular formula is C11H13N3O2. The van der Waals surface area contributed by atoms with Crippen molar-refractivity contribution in [2.24, 2.45) is 0 Å². The summed E-state index contributed by atoms with van der Waals surface area (Å²) in [7, 11) is 1.82. The number of carbonyl (C=O) groups is 1. The van der Waals surface area contributed by atoms with Crippen LogP contribution in [0.2, 0.25) is 0 Å². The van der Waals surface area contributed by atoms with Gasteiger partial charge in [-0.2, -0.15) is 5.26 Å². The molecule has 0 bridgehead atoms. The lowest BCUT2D eigenvalue weighted by Crippen LogP contribution is -2.20. The number of aromatic nitrogens is 1. The highest BCUT2D eigenvalue weighted by molar-refractivity contribution is 5.66. The highest BCUT2D eigenvalue weighted by Gasteiger charge is 2.04.